The van der Waals surface area contributed by atoms with Crippen LogP contribution in [0.25, 0.3) is 0 Å². The quantitative estimate of drug-likeness (QED) is 0.323. The second-order valence-corrected chi connectivity index (χ2v) is 8.14. The van der Waals surface area contributed by atoms with E-state index < -0.39 is 0 Å². The van der Waals surface area contributed by atoms with E-state index in [1.807, 2.05) is 6.92 Å². The molecule has 3 rings (SSSR count). The SMILES string of the molecule is CCOC(=O)N1CCC(NC(=NC)NCC2(c3ccccc3Br)CC2)CC1.I. The van der Waals surface area contributed by atoms with Crippen molar-refractivity contribution in [1.82, 2.24) is 15.5 Å². The van der Waals surface area contributed by atoms with Crippen molar-refractivity contribution < 1.29 is 9.53 Å². The Morgan fingerprint density at radius 2 is 2.00 bits per heavy atom. The van der Waals surface area contributed by atoms with E-state index >= 15 is 0 Å². The predicted octanol–water partition coefficient (Wildman–Crippen LogP) is 3.88. The van der Waals surface area contributed by atoms with Crippen LogP contribution in [-0.2, 0) is 10.2 Å². The molecule has 1 amide bonds. The van der Waals surface area contributed by atoms with Gasteiger partial charge in [-0.2, -0.15) is 0 Å². The average molecular weight is 565 g/mol. The molecule has 0 aromatic heterocycles. The Balaban J connectivity index is 0.00000280. The molecule has 1 saturated carbocycles. The van der Waals surface area contributed by atoms with Gasteiger partial charge in [-0.25, -0.2) is 4.79 Å². The molecule has 1 saturated heterocycles. The Kier molecular flexibility index (Phi) is 8.85. The van der Waals surface area contributed by atoms with Gasteiger partial charge in [0.05, 0.1) is 6.61 Å². The number of hydrogen-bond acceptors (Lipinski definition) is 3. The largest absolute Gasteiger partial charge is 0.450 e. The van der Waals surface area contributed by atoms with Crippen molar-refractivity contribution in [2.75, 3.05) is 33.3 Å². The summed E-state index contributed by atoms with van der Waals surface area (Å²) < 4.78 is 6.26. The summed E-state index contributed by atoms with van der Waals surface area (Å²) in [4.78, 5) is 18.0. The third-order valence-corrected chi connectivity index (χ3v) is 6.17. The molecule has 0 radical (unpaired) electrons. The van der Waals surface area contributed by atoms with E-state index in [4.69, 9.17) is 4.74 Å². The number of amides is 1. The molecule has 1 heterocycles. The lowest BCUT2D eigenvalue weighted by molar-refractivity contribution is 0.0963. The highest BCUT2D eigenvalue weighted by molar-refractivity contribution is 14.0. The fourth-order valence-corrected chi connectivity index (χ4v) is 4.35. The number of carbonyl (C=O) groups excluding carboxylic acids is 1. The lowest BCUT2D eigenvalue weighted by Crippen LogP contribution is -2.50. The van der Waals surface area contributed by atoms with E-state index in [2.05, 4.69) is 55.8 Å². The zero-order chi connectivity index (χ0) is 19.3. The number of nitrogens with one attached hydrogen (secondary N) is 2. The number of halogens is 2. The molecule has 0 spiro atoms. The smallest absolute Gasteiger partial charge is 0.409 e. The molecule has 1 aliphatic heterocycles. The standard InChI is InChI=1S/C20H29BrN4O2.HI/c1-3-27-19(26)25-12-8-15(9-13-25)24-18(22-2)23-14-20(10-11-20)16-6-4-5-7-17(16)21;/h4-7,15H,3,8-14H2,1-2H3,(H2,22,23,24);1H. The van der Waals surface area contributed by atoms with Crippen LogP contribution < -0.4 is 10.6 Å². The first-order valence-electron chi connectivity index (χ1n) is 9.72. The first-order chi connectivity index (χ1) is 13.1. The normalized spacial score (nSPS) is 18.8. The minimum absolute atomic E-state index is 0. The highest BCUT2D eigenvalue weighted by atomic mass is 127. The molecule has 6 nitrogen and oxygen atoms in total. The third kappa shape index (κ3) is 5.75. The molecule has 1 aliphatic carbocycles. The van der Waals surface area contributed by atoms with E-state index in [-0.39, 0.29) is 35.5 Å². The Bertz CT molecular complexity index is 689. The summed E-state index contributed by atoms with van der Waals surface area (Å²) in [6, 6.07) is 8.80. The van der Waals surface area contributed by atoms with Crippen molar-refractivity contribution in [3.8, 4) is 0 Å². The third-order valence-electron chi connectivity index (χ3n) is 5.48. The number of guanidine groups is 1. The molecular weight excluding hydrogens is 535 g/mol. The molecule has 0 unspecified atom stereocenters. The average Bonchev–Trinajstić information content (AvgIpc) is 3.47. The van der Waals surface area contributed by atoms with Gasteiger partial charge in [0, 0.05) is 42.6 Å². The highest BCUT2D eigenvalue weighted by Crippen LogP contribution is 2.49. The van der Waals surface area contributed by atoms with Crippen LogP contribution in [0.5, 0.6) is 0 Å². The van der Waals surface area contributed by atoms with Crippen molar-refractivity contribution in [1.29, 1.82) is 0 Å². The van der Waals surface area contributed by atoms with E-state index in [9.17, 15) is 4.79 Å². The van der Waals surface area contributed by atoms with Gasteiger partial charge in [0.25, 0.3) is 0 Å². The first-order valence-corrected chi connectivity index (χ1v) is 10.5. The molecular formula is C20H30BrIN4O2. The van der Waals surface area contributed by atoms with E-state index in [1.165, 1.54) is 22.9 Å². The van der Waals surface area contributed by atoms with Crippen molar-refractivity contribution in [2.45, 2.75) is 44.1 Å². The Labute approximate surface area is 193 Å². The Morgan fingerprint density at radius 1 is 1.32 bits per heavy atom. The van der Waals surface area contributed by atoms with Gasteiger partial charge in [-0.05, 0) is 44.2 Å². The van der Waals surface area contributed by atoms with Gasteiger partial charge >= 0.3 is 6.09 Å². The maximum Gasteiger partial charge on any atom is 0.409 e. The van der Waals surface area contributed by atoms with Gasteiger partial charge < -0.3 is 20.3 Å². The predicted molar refractivity (Wildman–Crippen MR) is 127 cm³/mol. The van der Waals surface area contributed by atoms with Gasteiger partial charge in [0.15, 0.2) is 5.96 Å². The minimum Gasteiger partial charge on any atom is -0.450 e. The summed E-state index contributed by atoms with van der Waals surface area (Å²) in [5.41, 5.74) is 1.57. The van der Waals surface area contributed by atoms with Crippen molar-refractivity contribution in [3.05, 3.63) is 34.3 Å². The Hall–Kier alpha value is -1.03. The number of nitrogens with zero attached hydrogens (tertiary/aromatic N) is 2. The molecule has 2 N–H and O–H groups in total. The van der Waals surface area contributed by atoms with Crippen LogP contribution in [0.3, 0.4) is 0 Å². The first kappa shape index (κ1) is 23.3. The summed E-state index contributed by atoms with van der Waals surface area (Å²) in [5, 5.41) is 7.02. The second kappa shape index (κ2) is 10.7. The molecule has 2 fully saturated rings. The van der Waals surface area contributed by atoms with Crippen LogP contribution in [0.1, 0.15) is 38.2 Å². The van der Waals surface area contributed by atoms with E-state index in [0.717, 1.165) is 25.3 Å². The van der Waals surface area contributed by atoms with Gasteiger partial charge in [0.1, 0.15) is 0 Å². The van der Waals surface area contributed by atoms with Crippen LogP contribution in [0.4, 0.5) is 4.79 Å². The summed E-state index contributed by atoms with van der Waals surface area (Å²) in [5.74, 6) is 0.836. The maximum atomic E-state index is 11.8. The number of piperidine rings is 1. The molecule has 0 bridgehead atoms. The zero-order valence-corrected chi connectivity index (χ0v) is 20.5. The molecule has 1 aromatic rings. The number of benzene rings is 1. The fraction of sp³-hybridized carbons (Fsp3) is 0.600. The fourth-order valence-electron chi connectivity index (χ4n) is 3.65. The summed E-state index contributed by atoms with van der Waals surface area (Å²) in [6.07, 6.45) is 3.97. The lowest BCUT2D eigenvalue weighted by Gasteiger charge is -2.32. The lowest BCUT2D eigenvalue weighted by atomic mass is 9.96. The monoisotopic (exact) mass is 564 g/mol. The second-order valence-electron chi connectivity index (χ2n) is 7.29. The van der Waals surface area contributed by atoms with Crippen LogP contribution in [0, 0.1) is 0 Å². The molecule has 1 aromatic carbocycles. The summed E-state index contributed by atoms with van der Waals surface area (Å²) >= 11 is 3.69. The zero-order valence-electron chi connectivity index (χ0n) is 16.5. The topological polar surface area (TPSA) is 66.0 Å². The van der Waals surface area contributed by atoms with Gasteiger partial charge in [-0.3, -0.25) is 4.99 Å². The van der Waals surface area contributed by atoms with Crippen LogP contribution >= 0.6 is 39.9 Å². The molecule has 156 valence electrons. The summed E-state index contributed by atoms with van der Waals surface area (Å²) in [7, 11) is 1.81. The molecule has 28 heavy (non-hydrogen) atoms. The van der Waals surface area contributed by atoms with Crippen LogP contribution in [-0.4, -0.2) is 56.3 Å². The van der Waals surface area contributed by atoms with Gasteiger partial charge in [-0.1, -0.05) is 34.1 Å². The molecule has 0 atom stereocenters. The van der Waals surface area contributed by atoms with Crippen molar-refractivity contribution in [2.24, 2.45) is 4.99 Å². The van der Waals surface area contributed by atoms with Crippen LogP contribution in [0.15, 0.2) is 33.7 Å². The van der Waals surface area contributed by atoms with Crippen LogP contribution in [0.2, 0.25) is 0 Å². The maximum absolute atomic E-state index is 11.8. The summed E-state index contributed by atoms with van der Waals surface area (Å²) in [6.45, 7) is 4.56. The van der Waals surface area contributed by atoms with E-state index in [0.29, 0.717) is 25.7 Å². The Morgan fingerprint density at radius 3 is 2.57 bits per heavy atom. The number of hydrogen-bond donors (Lipinski definition) is 2. The number of carbonyl (C=O) groups is 1. The molecule has 8 heteroatoms. The van der Waals surface area contributed by atoms with Gasteiger partial charge in [-0.15, -0.1) is 24.0 Å². The van der Waals surface area contributed by atoms with Crippen molar-refractivity contribution >= 4 is 52.0 Å². The number of ether oxygens (including phenoxy) is 1. The minimum atomic E-state index is -0.206. The van der Waals surface area contributed by atoms with Gasteiger partial charge in [0.2, 0.25) is 0 Å². The van der Waals surface area contributed by atoms with E-state index in [1.54, 1.807) is 11.9 Å². The van der Waals surface area contributed by atoms with Crippen molar-refractivity contribution in [3.63, 3.8) is 0 Å². The number of likely N-dealkylation sites (tertiary alicyclic amines) is 1. The number of aliphatic imine (C=N–C) groups is 1. The number of rotatable bonds is 5. The highest BCUT2D eigenvalue weighted by Gasteiger charge is 2.45. The molecule has 2 aliphatic rings.